The van der Waals surface area contributed by atoms with Gasteiger partial charge in [-0.3, -0.25) is 0 Å². The zero-order valence-electron chi connectivity index (χ0n) is 13.2. The summed E-state index contributed by atoms with van der Waals surface area (Å²) >= 11 is 8.00. The van der Waals surface area contributed by atoms with Crippen LogP contribution in [0, 0.1) is 11.7 Å². The summed E-state index contributed by atoms with van der Waals surface area (Å²) in [4.78, 5) is 0. The third kappa shape index (κ3) is 6.70. The van der Waals surface area contributed by atoms with Crippen LogP contribution in [0.4, 0.5) is 4.39 Å². The van der Waals surface area contributed by atoms with Gasteiger partial charge in [0.05, 0.1) is 11.3 Å². The Hall–Kier alpha value is -0.770. The fraction of sp³-hybridized carbons (Fsp3) is 0.500. The molecule has 5 nitrogen and oxygen atoms in total. The number of rotatable bonds is 7. The molecule has 0 bridgehead atoms. The highest BCUT2D eigenvalue weighted by atomic mass is 79.9. The van der Waals surface area contributed by atoms with Crippen molar-refractivity contribution in [3.8, 4) is 0 Å². The van der Waals surface area contributed by atoms with Crippen LogP contribution in [0.5, 0.6) is 0 Å². The van der Waals surface area contributed by atoms with Crippen LogP contribution in [0.1, 0.15) is 26.3 Å². The summed E-state index contributed by atoms with van der Waals surface area (Å²) in [7, 11) is -3.62. The van der Waals surface area contributed by atoms with Crippen LogP contribution in [0.2, 0.25) is 0 Å². The van der Waals surface area contributed by atoms with E-state index < -0.39 is 21.4 Å². The van der Waals surface area contributed by atoms with Crippen LogP contribution >= 0.6 is 28.1 Å². The molecule has 1 aromatic carbocycles. The number of halogens is 2. The van der Waals surface area contributed by atoms with Gasteiger partial charge in [-0.15, -0.1) is 0 Å². The maximum atomic E-state index is 13.3. The topological polar surface area (TPSA) is 84.2 Å². The Balaban J connectivity index is 2.83. The average Bonchev–Trinajstić information content (AvgIpc) is 2.33. The SMILES string of the molecule is CC(C)[C@](C)(CS(=O)(=O)NCc1cc(F)cc(Br)c1)NC(N)=S. The number of hydrogen-bond acceptors (Lipinski definition) is 3. The lowest BCUT2D eigenvalue weighted by molar-refractivity contribution is 0.335. The second-order valence-corrected chi connectivity index (χ2v) is 9.08. The molecular weight excluding hydrogens is 405 g/mol. The van der Waals surface area contributed by atoms with E-state index in [-0.39, 0.29) is 23.3 Å². The molecule has 0 fully saturated rings. The number of hydrogen-bond donors (Lipinski definition) is 3. The van der Waals surface area contributed by atoms with Crippen LogP contribution in [-0.4, -0.2) is 24.8 Å². The van der Waals surface area contributed by atoms with E-state index in [2.05, 4.69) is 26.0 Å². The molecule has 0 aromatic heterocycles. The fourth-order valence-corrected chi connectivity index (χ4v) is 4.41. The molecule has 0 saturated heterocycles. The first-order valence-electron chi connectivity index (χ1n) is 6.93. The van der Waals surface area contributed by atoms with Crippen molar-refractivity contribution < 1.29 is 12.8 Å². The minimum absolute atomic E-state index is 0.0000595. The fourth-order valence-electron chi connectivity index (χ4n) is 1.98. The van der Waals surface area contributed by atoms with Gasteiger partial charge in [0.15, 0.2) is 5.11 Å². The molecule has 1 aromatic rings. The van der Waals surface area contributed by atoms with Crippen molar-refractivity contribution in [1.29, 1.82) is 0 Å². The molecule has 1 rings (SSSR count). The van der Waals surface area contributed by atoms with Crippen molar-refractivity contribution in [3.63, 3.8) is 0 Å². The van der Waals surface area contributed by atoms with Gasteiger partial charge in [0.2, 0.25) is 10.0 Å². The van der Waals surface area contributed by atoms with Gasteiger partial charge in [0.25, 0.3) is 0 Å². The van der Waals surface area contributed by atoms with Crippen molar-refractivity contribution in [3.05, 3.63) is 34.1 Å². The summed E-state index contributed by atoms with van der Waals surface area (Å²) in [5.41, 5.74) is 5.21. The molecule has 0 aliphatic carbocycles. The van der Waals surface area contributed by atoms with E-state index in [1.165, 1.54) is 12.1 Å². The zero-order valence-corrected chi connectivity index (χ0v) is 16.4. The number of thiocarbonyl (C=S) groups is 1. The van der Waals surface area contributed by atoms with Crippen molar-refractivity contribution in [2.24, 2.45) is 11.7 Å². The van der Waals surface area contributed by atoms with E-state index in [4.69, 9.17) is 18.0 Å². The van der Waals surface area contributed by atoms with Gasteiger partial charge in [-0.1, -0.05) is 29.8 Å². The second kappa shape index (κ2) is 7.87. The van der Waals surface area contributed by atoms with Gasteiger partial charge in [0, 0.05) is 11.0 Å². The smallest absolute Gasteiger partial charge is 0.214 e. The van der Waals surface area contributed by atoms with E-state index in [0.717, 1.165) is 0 Å². The number of nitrogens with one attached hydrogen (secondary N) is 2. The summed E-state index contributed by atoms with van der Waals surface area (Å²) in [5.74, 6) is -0.662. The lowest BCUT2D eigenvalue weighted by Gasteiger charge is -2.34. The minimum atomic E-state index is -3.62. The third-order valence-corrected chi connectivity index (χ3v) is 5.72. The number of benzene rings is 1. The lowest BCUT2D eigenvalue weighted by atomic mass is 9.91. The molecule has 0 unspecified atom stereocenters. The predicted octanol–water partition coefficient (Wildman–Crippen LogP) is 2.26. The first kappa shape index (κ1) is 20.3. The van der Waals surface area contributed by atoms with E-state index in [9.17, 15) is 12.8 Å². The van der Waals surface area contributed by atoms with Crippen molar-refractivity contribution >= 4 is 43.3 Å². The highest BCUT2D eigenvalue weighted by molar-refractivity contribution is 9.10. The molecular formula is C14H21BrFN3O2S2. The summed E-state index contributed by atoms with van der Waals surface area (Å²) < 4.78 is 41.0. The van der Waals surface area contributed by atoms with Crippen LogP contribution in [-0.2, 0) is 16.6 Å². The van der Waals surface area contributed by atoms with E-state index in [0.29, 0.717) is 10.0 Å². The van der Waals surface area contributed by atoms with E-state index in [1.807, 2.05) is 13.8 Å². The van der Waals surface area contributed by atoms with Crippen LogP contribution in [0.25, 0.3) is 0 Å². The molecule has 0 aliphatic rings. The van der Waals surface area contributed by atoms with E-state index in [1.54, 1.807) is 13.0 Å². The average molecular weight is 426 g/mol. The monoisotopic (exact) mass is 425 g/mol. The van der Waals surface area contributed by atoms with Gasteiger partial charge in [-0.05, 0) is 48.8 Å². The highest BCUT2D eigenvalue weighted by Crippen LogP contribution is 2.19. The molecule has 23 heavy (non-hydrogen) atoms. The molecule has 4 N–H and O–H groups in total. The Morgan fingerprint density at radius 1 is 1.43 bits per heavy atom. The van der Waals surface area contributed by atoms with Crippen molar-refractivity contribution in [2.75, 3.05) is 5.75 Å². The highest BCUT2D eigenvalue weighted by Gasteiger charge is 2.34. The molecule has 0 saturated carbocycles. The number of nitrogens with two attached hydrogens (primary N) is 1. The van der Waals surface area contributed by atoms with Gasteiger partial charge in [0.1, 0.15) is 5.82 Å². The molecule has 9 heteroatoms. The Kier molecular flexibility index (Phi) is 6.94. The third-order valence-electron chi connectivity index (χ3n) is 3.59. The van der Waals surface area contributed by atoms with Gasteiger partial charge < -0.3 is 11.1 Å². The second-order valence-electron chi connectivity index (χ2n) is 5.92. The van der Waals surface area contributed by atoms with Crippen molar-refractivity contribution in [2.45, 2.75) is 32.9 Å². The Morgan fingerprint density at radius 3 is 2.52 bits per heavy atom. The number of sulfonamides is 1. The van der Waals surface area contributed by atoms with Crippen LogP contribution in [0.3, 0.4) is 0 Å². The van der Waals surface area contributed by atoms with Crippen LogP contribution < -0.4 is 15.8 Å². The molecule has 0 aliphatic heterocycles. The van der Waals surface area contributed by atoms with Crippen molar-refractivity contribution in [1.82, 2.24) is 10.0 Å². The maximum Gasteiger partial charge on any atom is 0.214 e. The molecule has 0 radical (unpaired) electrons. The molecule has 1 atom stereocenters. The van der Waals surface area contributed by atoms with Gasteiger partial charge in [-0.2, -0.15) is 0 Å². The molecule has 0 amide bonds. The maximum absolute atomic E-state index is 13.3. The summed E-state index contributed by atoms with van der Waals surface area (Å²) in [6, 6.07) is 4.24. The zero-order chi connectivity index (χ0) is 17.8. The summed E-state index contributed by atoms with van der Waals surface area (Å²) in [6.07, 6.45) is 0. The van der Waals surface area contributed by atoms with Gasteiger partial charge >= 0.3 is 0 Å². The quantitative estimate of drug-likeness (QED) is 0.583. The summed E-state index contributed by atoms with van der Waals surface area (Å²) in [5, 5.41) is 2.90. The van der Waals surface area contributed by atoms with E-state index >= 15 is 0 Å². The minimum Gasteiger partial charge on any atom is -0.376 e. The molecule has 130 valence electrons. The largest absolute Gasteiger partial charge is 0.376 e. The first-order chi connectivity index (χ1) is 10.4. The Bertz CT molecular complexity index is 662. The van der Waals surface area contributed by atoms with Crippen LogP contribution in [0.15, 0.2) is 22.7 Å². The Morgan fingerprint density at radius 2 is 2.04 bits per heavy atom. The Labute approximate surface area is 150 Å². The van der Waals surface area contributed by atoms with Gasteiger partial charge in [-0.25, -0.2) is 17.5 Å². The molecule has 0 spiro atoms. The normalized spacial score (nSPS) is 14.5. The predicted molar refractivity (Wildman–Crippen MR) is 97.9 cm³/mol. The standard InChI is InChI=1S/C14H21BrFN3O2S2/c1-9(2)14(3,19-13(17)22)8-23(20,21)18-7-10-4-11(15)6-12(16)5-10/h4-6,9,18H,7-8H2,1-3H3,(H3,17,19,22)/t14-/m0/s1. The lowest BCUT2D eigenvalue weighted by Crippen LogP contribution is -2.57. The molecule has 0 heterocycles. The first-order valence-corrected chi connectivity index (χ1v) is 9.79. The summed E-state index contributed by atoms with van der Waals surface area (Å²) in [6.45, 7) is 5.50.